The quantitative estimate of drug-likeness (QED) is 0.250. The highest BCUT2D eigenvalue weighted by Crippen LogP contribution is 2.32. The van der Waals surface area contributed by atoms with E-state index in [4.69, 9.17) is 24.3 Å². The first-order valence-electron chi connectivity index (χ1n) is 14.8. The molecular weight excluding hydrogens is 546 g/mol. The third-order valence-corrected chi connectivity index (χ3v) is 7.14. The topological polar surface area (TPSA) is 107 Å². The number of hydrogen-bond donors (Lipinski definition) is 1. The van der Waals surface area contributed by atoms with Crippen LogP contribution in [0.4, 0.5) is 10.5 Å². The largest absolute Gasteiger partial charge is 0.494 e. The lowest BCUT2D eigenvalue weighted by atomic mass is 9.90. The number of amides is 2. The van der Waals surface area contributed by atoms with Crippen LogP contribution in [0.3, 0.4) is 0 Å². The van der Waals surface area contributed by atoms with Crippen LogP contribution in [-0.2, 0) is 4.74 Å². The summed E-state index contributed by atoms with van der Waals surface area (Å²) in [6.07, 6.45) is 2.75. The molecule has 0 atom stereocenters. The van der Waals surface area contributed by atoms with Gasteiger partial charge in [0.25, 0.3) is 5.91 Å². The van der Waals surface area contributed by atoms with E-state index >= 15 is 0 Å². The average molecular weight is 586 g/mol. The molecule has 10 heteroatoms. The number of fused-ring (bicyclic) bond motifs is 1. The third-order valence-electron chi connectivity index (χ3n) is 7.14. The summed E-state index contributed by atoms with van der Waals surface area (Å²) in [5.74, 6) is 1.23. The van der Waals surface area contributed by atoms with Crippen molar-refractivity contribution in [2.45, 2.75) is 59.0 Å². The fraction of sp³-hybridized carbons (Fsp3) is 0.394. The van der Waals surface area contributed by atoms with E-state index in [0.29, 0.717) is 61.7 Å². The van der Waals surface area contributed by atoms with Gasteiger partial charge in [-0.25, -0.2) is 14.3 Å². The van der Waals surface area contributed by atoms with Gasteiger partial charge in [-0.1, -0.05) is 0 Å². The number of hydrogen-bond acceptors (Lipinski definition) is 7. The van der Waals surface area contributed by atoms with Gasteiger partial charge < -0.3 is 24.4 Å². The normalized spacial score (nSPS) is 14.0. The number of benzene rings is 2. The maximum Gasteiger partial charge on any atom is 0.410 e. The van der Waals surface area contributed by atoms with Gasteiger partial charge in [-0.05, 0) is 96.0 Å². The van der Waals surface area contributed by atoms with Crippen molar-refractivity contribution in [3.05, 3.63) is 72.1 Å². The molecule has 1 saturated heterocycles. The maximum atomic E-state index is 13.7. The molecule has 2 aromatic heterocycles. The molecule has 10 nitrogen and oxygen atoms in total. The van der Waals surface area contributed by atoms with E-state index in [0.717, 1.165) is 22.8 Å². The number of anilines is 1. The molecule has 0 spiro atoms. The molecule has 3 heterocycles. The Balaban J connectivity index is 1.44. The highest BCUT2D eigenvalue weighted by atomic mass is 16.6. The number of nitrogens with zero attached hydrogens (tertiary/aromatic N) is 4. The molecule has 0 unspecified atom stereocenters. The smallest absolute Gasteiger partial charge is 0.410 e. The summed E-state index contributed by atoms with van der Waals surface area (Å²) in [4.78, 5) is 33.1. The Morgan fingerprint density at radius 3 is 2.12 bits per heavy atom. The fourth-order valence-electron chi connectivity index (χ4n) is 5.11. The van der Waals surface area contributed by atoms with Crippen LogP contribution in [0, 0.1) is 0 Å². The summed E-state index contributed by atoms with van der Waals surface area (Å²) >= 11 is 0. The zero-order chi connectivity index (χ0) is 30.6. The number of carbonyl (C=O) groups is 2. The molecule has 1 N–H and O–H groups in total. The lowest BCUT2D eigenvalue weighted by Crippen LogP contribution is -2.41. The van der Waals surface area contributed by atoms with Crippen molar-refractivity contribution >= 4 is 23.3 Å². The first kappa shape index (κ1) is 29.9. The predicted octanol–water partition coefficient (Wildman–Crippen LogP) is 6.56. The second-order valence-corrected chi connectivity index (χ2v) is 11.5. The Bertz CT molecular complexity index is 1570. The summed E-state index contributed by atoms with van der Waals surface area (Å²) in [6.45, 7) is 11.7. The molecule has 0 saturated carbocycles. The lowest BCUT2D eigenvalue weighted by Gasteiger charge is -2.33. The van der Waals surface area contributed by atoms with Crippen LogP contribution in [0.1, 0.15) is 69.4 Å². The molecule has 43 heavy (non-hydrogen) atoms. The Morgan fingerprint density at radius 1 is 0.930 bits per heavy atom. The summed E-state index contributed by atoms with van der Waals surface area (Å²) in [6, 6.07) is 16.9. The predicted molar refractivity (Wildman–Crippen MR) is 165 cm³/mol. The zero-order valence-corrected chi connectivity index (χ0v) is 25.4. The van der Waals surface area contributed by atoms with E-state index in [1.54, 1.807) is 15.6 Å². The van der Waals surface area contributed by atoms with Crippen molar-refractivity contribution in [1.82, 2.24) is 19.5 Å². The van der Waals surface area contributed by atoms with Crippen molar-refractivity contribution in [3.63, 3.8) is 0 Å². The summed E-state index contributed by atoms with van der Waals surface area (Å²) in [7, 11) is 0. The van der Waals surface area contributed by atoms with Crippen molar-refractivity contribution in [1.29, 1.82) is 0 Å². The molecule has 2 amide bonds. The molecule has 0 radical (unpaired) electrons. The summed E-state index contributed by atoms with van der Waals surface area (Å²) in [5.41, 5.74) is 3.53. The summed E-state index contributed by atoms with van der Waals surface area (Å²) < 4.78 is 18.3. The SMILES string of the molecule is CCOc1ccc(NC(=O)c2cn3nc(-c4ccc(OCC)cc4)cc3nc2C2CCN(C(=O)OC(C)(C)C)CC2)cc1. The molecule has 0 bridgehead atoms. The number of ether oxygens (including phenoxy) is 3. The zero-order valence-electron chi connectivity index (χ0n) is 25.4. The molecule has 226 valence electrons. The molecular formula is C33H39N5O5. The van der Waals surface area contributed by atoms with Gasteiger partial charge in [0.2, 0.25) is 0 Å². The second-order valence-electron chi connectivity index (χ2n) is 11.5. The fourth-order valence-corrected chi connectivity index (χ4v) is 5.11. The molecule has 4 aromatic rings. The number of nitrogens with one attached hydrogen (secondary N) is 1. The minimum absolute atomic E-state index is 0.0198. The number of carbonyl (C=O) groups excluding carboxylic acids is 2. The first-order chi connectivity index (χ1) is 20.6. The minimum Gasteiger partial charge on any atom is -0.494 e. The Morgan fingerprint density at radius 2 is 1.53 bits per heavy atom. The third kappa shape index (κ3) is 7.25. The van der Waals surface area contributed by atoms with Gasteiger partial charge in [0.15, 0.2) is 5.65 Å². The first-order valence-corrected chi connectivity index (χ1v) is 14.8. The summed E-state index contributed by atoms with van der Waals surface area (Å²) in [5, 5.41) is 7.75. The van der Waals surface area contributed by atoms with Gasteiger partial charge in [0.1, 0.15) is 17.1 Å². The van der Waals surface area contributed by atoms with Crippen LogP contribution >= 0.6 is 0 Å². The van der Waals surface area contributed by atoms with E-state index in [-0.39, 0.29) is 17.9 Å². The second kappa shape index (κ2) is 12.7. The molecule has 1 aliphatic heterocycles. The van der Waals surface area contributed by atoms with Gasteiger partial charge in [0.05, 0.1) is 30.2 Å². The molecule has 1 aliphatic rings. The van der Waals surface area contributed by atoms with Crippen LogP contribution in [0.15, 0.2) is 60.8 Å². The highest BCUT2D eigenvalue weighted by molar-refractivity contribution is 6.05. The number of likely N-dealkylation sites (tertiary alicyclic amines) is 1. The van der Waals surface area contributed by atoms with Crippen molar-refractivity contribution < 1.29 is 23.8 Å². The lowest BCUT2D eigenvalue weighted by molar-refractivity contribution is 0.0203. The van der Waals surface area contributed by atoms with E-state index in [2.05, 4.69) is 5.32 Å². The van der Waals surface area contributed by atoms with E-state index < -0.39 is 5.60 Å². The Hall–Kier alpha value is -4.60. The van der Waals surface area contributed by atoms with Crippen molar-refractivity contribution in [2.75, 3.05) is 31.6 Å². The van der Waals surface area contributed by atoms with E-state index in [9.17, 15) is 9.59 Å². The van der Waals surface area contributed by atoms with Crippen LogP contribution in [-0.4, -0.2) is 63.4 Å². The van der Waals surface area contributed by atoms with Gasteiger partial charge in [-0.15, -0.1) is 0 Å². The van der Waals surface area contributed by atoms with Crippen LogP contribution in [0.25, 0.3) is 16.9 Å². The number of piperidine rings is 1. The van der Waals surface area contributed by atoms with Gasteiger partial charge in [-0.3, -0.25) is 4.79 Å². The molecule has 5 rings (SSSR count). The highest BCUT2D eigenvalue weighted by Gasteiger charge is 2.31. The van der Waals surface area contributed by atoms with E-state index in [1.165, 1.54) is 0 Å². The van der Waals surface area contributed by atoms with Gasteiger partial charge in [0, 0.05) is 42.5 Å². The Labute approximate surface area is 252 Å². The standard InChI is InChI=1S/C33H39N5O5/c1-6-41-25-12-8-22(9-13-25)28-20-29-35-30(23-16-18-37(19-17-23)32(40)43-33(3,4)5)27(21-38(29)36-28)31(39)34-24-10-14-26(15-11-24)42-7-2/h8-15,20-21,23H,6-7,16-19H2,1-5H3,(H,34,39). The number of rotatable bonds is 8. The van der Waals surface area contributed by atoms with E-state index in [1.807, 2.05) is 89.2 Å². The van der Waals surface area contributed by atoms with Crippen LogP contribution in [0.5, 0.6) is 11.5 Å². The average Bonchev–Trinajstić information content (AvgIpc) is 3.41. The van der Waals surface area contributed by atoms with Crippen LogP contribution < -0.4 is 14.8 Å². The Kier molecular flexibility index (Phi) is 8.84. The molecule has 1 fully saturated rings. The van der Waals surface area contributed by atoms with Crippen molar-refractivity contribution in [3.8, 4) is 22.8 Å². The van der Waals surface area contributed by atoms with Crippen molar-refractivity contribution in [2.24, 2.45) is 0 Å². The number of aromatic nitrogens is 3. The minimum atomic E-state index is -0.560. The molecule has 2 aromatic carbocycles. The van der Waals surface area contributed by atoms with Gasteiger partial charge >= 0.3 is 6.09 Å². The van der Waals surface area contributed by atoms with Crippen LogP contribution in [0.2, 0.25) is 0 Å². The van der Waals surface area contributed by atoms with Gasteiger partial charge in [-0.2, -0.15) is 5.10 Å². The maximum absolute atomic E-state index is 13.7. The molecule has 0 aliphatic carbocycles. The monoisotopic (exact) mass is 585 g/mol.